The summed E-state index contributed by atoms with van der Waals surface area (Å²) < 4.78 is 45.7. The average molecular weight is 464 g/mol. The van der Waals surface area contributed by atoms with Gasteiger partial charge in [-0.15, -0.1) is 0 Å². The predicted molar refractivity (Wildman–Crippen MR) is 116 cm³/mol. The van der Waals surface area contributed by atoms with E-state index in [1.807, 2.05) is 0 Å². The smallest absolute Gasteiger partial charge is 0.414 e. The van der Waals surface area contributed by atoms with Crippen LogP contribution in [0.5, 0.6) is 0 Å². The molecule has 0 saturated carbocycles. The van der Waals surface area contributed by atoms with E-state index in [9.17, 15) is 22.6 Å². The predicted octanol–water partition coefficient (Wildman–Crippen LogP) is 2.21. The van der Waals surface area contributed by atoms with Crippen LogP contribution < -0.4 is 15.1 Å². The molecule has 1 aromatic carbocycles. The summed E-state index contributed by atoms with van der Waals surface area (Å²) in [6, 6.07) is 7.63. The van der Waals surface area contributed by atoms with Crippen molar-refractivity contribution in [3.63, 3.8) is 0 Å². The highest BCUT2D eigenvalue weighted by Gasteiger charge is 2.33. The van der Waals surface area contributed by atoms with Gasteiger partial charge in [-0.05, 0) is 30.3 Å². The maximum absolute atomic E-state index is 14.9. The van der Waals surface area contributed by atoms with E-state index in [1.165, 1.54) is 35.1 Å². The maximum atomic E-state index is 14.9. The number of nitrogens with zero attached hydrogens (tertiary/aromatic N) is 3. The summed E-state index contributed by atoms with van der Waals surface area (Å²) in [5, 5.41) is 2.59. The Hall–Kier alpha value is -3.08. The topological polar surface area (TPSA) is 91.8 Å². The van der Waals surface area contributed by atoms with E-state index in [1.54, 1.807) is 18.2 Å². The molecule has 2 saturated heterocycles. The van der Waals surface area contributed by atoms with E-state index < -0.39 is 35.1 Å². The summed E-state index contributed by atoms with van der Waals surface area (Å²) in [6.07, 6.45) is -1.04. The number of cyclic esters (lactones) is 1. The molecule has 2 aliphatic rings. The molecule has 2 fully saturated rings. The number of benzene rings is 1. The van der Waals surface area contributed by atoms with Crippen molar-refractivity contribution in [2.45, 2.75) is 19.3 Å². The zero-order valence-corrected chi connectivity index (χ0v) is 18.1. The number of amides is 2. The number of alkyl halides is 1. The number of rotatable bonds is 5. The third-order valence-electron chi connectivity index (χ3n) is 5.29. The molecule has 170 valence electrons. The minimum Gasteiger partial charge on any atom is -0.442 e. The highest BCUT2D eigenvalue weighted by Crippen LogP contribution is 2.30. The van der Waals surface area contributed by atoms with Gasteiger partial charge in [-0.1, -0.05) is 0 Å². The molecule has 11 heteroatoms. The number of pyridine rings is 1. The normalized spacial score (nSPS) is 23.2. The van der Waals surface area contributed by atoms with Crippen LogP contribution in [0.15, 0.2) is 36.5 Å². The van der Waals surface area contributed by atoms with Crippen molar-refractivity contribution in [2.24, 2.45) is 0 Å². The summed E-state index contributed by atoms with van der Waals surface area (Å²) in [7, 11) is -1.16. The Balaban J connectivity index is 1.47. The van der Waals surface area contributed by atoms with Crippen molar-refractivity contribution in [3.8, 4) is 11.1 Å². The minimum absolute atomic E-state index is 0.0515. The molecular weight excluding hydrogens is 442 g/mol. The molecule has 2 aromatic rings. The van der Waals surface area contributed by atoms with Gasteiger partial charge in [0.15, 0.2) is 6.30 Å². The van der Waals surface area contributed by atoms with Crippen LogP contribution >= 0.6 is 0 Å². The number of anilines is 2. The standard InChI is InChI=1S/C21H22F2N4O4S/c1-13(28)24-10-16-11-27(21(29)31-16)15-3-4-17(18(22)8-15)14-2-5-20(25-9-14)26-6-7-32(30)12-19(26)23/h2-5,8-9,16,19H,6-7,10-12H2,1H3,(H,24,28)/t16-,19?,32?/m0/s1. The molecular formula is C21H22F2N4O4S. The molecule has 2 unspecified atom stereocenters. The number of carbonyl (C=O) groups excluding carboxylic acids is 2. The Labute approximate surface area is 186 Å². The van der Waals surface area contributed by atoms with Gasteiger partial charge in [0.2, 0.25) is 5.91 Å². The van der Waals surface area contributed by atoms with Crippen LogP contribution in [0.2, 0.25) is 0 Å². The van der Waals surface area contributed by atoms with Gasteiger partial charge in [-0.25, -0.2) is 18.6 Å². The lowest BCUT2D eigenvalue weighted by atomic mass is 10.1. The molecule has 1 N–H and O–H groups in total. The van der Waals surface area contributed by atoms with Crippen LogP contribution in [0.3, 0.4) is 0 Å². The van der Waals surface area contributed by atoms with Crippen LogP contribution in [0, 0.1) is 5.82 Å². The summed E-state index contributed by atoms with van der Waals surface area (Å²) in [4.78, 5) is 30.2. The van der Waals surface area contributed by atoms with Crippen molar-refractivity contribution < 1.29 is 27.3 Å². The van der Waals surface area contributed by atoms with Gasteiger partial charge < -0.3 is 15.0 Å². The second-order valence-electron chi connectivity index (χ2n) is 7.56. The number of aromatic nitrogens is 1. The van der Waals surface area contributed by atoms with Crippen molar-refractivity contribution in [1.29, 1.82) is 0 Å². The molecule has 3 atom stereocenters. The number of hydrogen-bond acceptors (Lipinski definition) is 6. The molecule has 0 bridgehead atoms. The van der Waals surface area contributed by atoms with Gasteiger partial charge in [0.05, 0.1) is 24.5 Å². The van der Waals surface area contributed by atoms with Crippen LogP contribution in [-0.2, 0) is 20.3 Å². The number of halogens is 2. The summed E-state index contributed by atoms with van der Waals surface area (Å²) in [6.45, 7) is 2.05. The Morgan fingerprint density at radius 2 is 2.16 bits per heavy atom. The van der Waals surface area contributed by atoms with Crippen LogP contribution in [0.25, 0.3) is 11.1 Å². The Morgan fingerprint density at radius 1 is 1.34 bits per heavy atom. The fourth-order valence-corrected chi connectivity index (χ4v) is 4.70. The van der Waals surface area contributed by atoms with Crippen LogP contribution in [0.1, 0.15) is 6.92 Å². The van der Waals surface area contributed by atoms with Crippen molar-refractivity contribution in [2.75, 3.05) is 40.9 Å². The first kappa shape index (κ1) is 22.1. The average Bonchev–Trinajstić information content (AvgIpc) is 3.13. The molecule has 8 nitrogen and oxygen atoms in total. The van der Waals surface area contributed by atoms with Crippen molar-refractivity contribution in [1.82, 2.24) is 10.3 Å². The number of hydrogen-bond donors (Lipinski definition) is 1. The second-order valence-corrected chi connectivity index (χ2v) is 9.18. The molecule has 2 aliphatic heterocycles. The van der Waals surface area contributed by atoms with E-state index in [-0.39, 0.29) is 30.3 Å². The third-order valence-corrected chi connectivity index (χ3v) is 6.58. The Morgan fingerprint density at radius 3 is 2.81 bits per heavy atom. The van der Waals surface area contributed by atoms with Crippen LogP contribution in [0.4, 0.5) is 25.1 Å². The van der Waals surface area contributed by atoms with Crippen molar-refractivity contribution in [3.05, 3.63) is 42.3 Å². The number of ether oxygens (including phenoxy) is 1. The highest BCUT2D eigenvalue weighted by molar-refractivity contribution is 7.85. The first-order valence-corrected chi connectivity index (χ1v) is 11.5. The largest absolute Gasteiger partial charge is 0.442 e. The van der Waals surface area contributed by atoms with E-state index in [0.29, 0.717) is 29.4 Å². The lowest BCUT2D eigenvalue weighted by Crippen LogP contribution is -2.44. The molecule has 1 aromatic heterocycles. The van der Waals surface area contributed by atoms with Crippen LogP contribution in [-0.4, -0.2) is 64.7 Å². The molecule has 32 heavy (non-hydrogen) atoms. The Kier molecular flexibility index (Phi) is 6.35. The summed E-state index contributed by atoms with van der Waals surface area (Å²) in [5.41, 5.74) is 1.13. The first-order valence-electron chi connectivity index (χ1n) is 10.1. The highest BCUT2D eigenvalue weighted by atomic mass is 32.2. The quantitative estimate of drug-likeness (QED) is 0.683. The Bertz CT molecular complexity index is 1050. The van der Waals surface area contributed by atoms with Gasteiger partial charge in [-0.2, -0.15) is 0 Å². The minimum atomic E-state index is -1.37. The van der Waals surface area contributed by atoms with Gasteiger partial charge in [-0.3, -0.25) is 13.9 Å². The number of carbonyl (C=O) groups is 2. The van der Waals surface area contributed by atoms with Crippen molar-refractivity contribution >= 4 is 34.3 Å². The SMILES string of the molecule is CC(=O)NC[C@H]1CN(c2ccc(-c3ccc(N4CCS(=O)CC4F)nc3)c(F)c2)C(=O)O1. The summed E-state index contributed by atoms with van der Waals surface area (Å²) >= 11 is 0. The van der Waals surface area contributed by atoms with E-state index in [4.69, 9.17) is 4.74 Å². The number of nitrogens with one attached hydrogen (secondary N) is 1. The third kappa shape index (κ3) is 4.72. The fourth-order valence-electron chi connectivity index (χ4n) is 3.64. The molecule has 3 heterocycles. The molecule has 0 aliphatic carbocycles. The molecule has 0 spiro atoms. The maximum Gasteiger partial charge on any atom is 0.414 e. The summed E-state index contributed by atoms with van der Waals surface area (Å²) in [5.74, 6) is -0.0481. The van der Waals surface area contributed by atoms with E-state index in [0.717, 1.165) is 0 Å². The fraction of sp³-hybridized carbons (Fsp3) is 0.381. The van der Waals surface area contributed by atoms with E-state index in [2.05, 4.69) is 10.3 Å². The molecule has 0 radical (unpaired) electrons. The zero-order chi connectivity index (χ0) is 22.8. The van der Waals surface area contributed by atoms with Gasteiger partial charge in [0, 0.05) is 47.3 Å². The van der Waals surface area contributed by atoms with Gasteiger partial charge in [0.25, 0.3) is 0 Å². The molecule has 4 rings (SSSR count). The van der Waals surface area contributed by atoms with E-state index >= 15 is 0 Å². The lowest BCUT2D eigenvalue weighted by molar-refractivity contribution is -0.119. The van der Waals surface area contributed by atoms with Gasteiger partial charge in [0.1, 0.15) is 17.7 Å². The lowest BCUT2D eigenvalue weighted by Gasteiger charge is -2.30. The van der Waals surface area contributed by atoms with Gasteiger partial charge >= 0.3 is 6.09 Å². The second kappa shape index (κ2) is 9.19. The first-order chi connectivity index (χ1) is 15.3. The monoisotopic (exact) mass is 464 g/mol. The molecule has 2 amide bonds. The zero-order valence-electron chi connectivity index (χ0n) is 17.3.